The van der Waals surface area contributed by atoms with Gasteiger partial charge in [0.1, 0.15) is 5.82 Å². The number of carboxylic acid groups (broad SMARTS) is 1. The van der Waals surface area contributed by atoms with Crippen LogP contribution in [0.25, 0.3) is 0 Å². The first-order chi connectivity index (χ1) is 7.18. The summed E-state index contributed by atoms with van der Waals surface area (Å²) < 4.78 is 0. The third kappa shape index (κ3) is 4.41. The summed E-state index contributed by atoms with van der Waals surface area (Å²) in [4.78, 5) is 24.9. The number of carbonyl (C=O) groups excluding carboxylic acids is 1. The number of carboxylic acids is 1. The van der Waals surface area contributed by atoms with Gasteiger partial charge in [-0.15, -0.1) is 0 Å². The predicted molar refractivity (Wildman–Crippen MR) is 52.8 cm³/mol. The molecule has 0 aliphatic heterocycles. The Kier molecular flexibility index (Phi) is 3.84. The van der Waals surface area contributed by atoms with Gasteiger partial charge in [-0.25, -0.2) is 9.78 Å². The average Bonchev–Trinajstić information content (AvgIpc) is 2.25. The molecule has 1 amide bonds. The summed E-state index contributed by atoms with van der Waals surface area (Å²) in [5, 5.41) is 8.25. The molecule has 78 valence electrons. The van der Waals surface area contributed by atoms with Crippen LogP contribution in [0.15, 0.2) is 36.5 Å². The number of hydrazine groups is 1. The molecule has 6 nitrogen and oxygen atoms in total. The van der Waals surface area contributed by atoms with Gasteiger partial charge in [-0.2, -0.15) is 0 Å². The molecule has 0 aromatic carbocycles. The molecule has 15 heavy (non-hydrogen) atoms. The fourth-order valence-electron chi connectivity index (χ4n) is 0.751. The number of hydrogen-bond acceptors (Lipinski definition) is 4. The molecule has 1 rings (SSSR count). The average molecular weight is 207 g/mol. The molecule has 0 unspecified atom stereocenters. The highest BCUT2D eigenvalue weighted by Crippen LogP contribution is 1.96. The molecule has 3 N–H and O–H groups in total. The molecule has 0 aliphatic carbocycles. The fraction of sp³-hybridized carbons (Fsp3) is 0. The first-order valence-electron chi connectivity index (χ1n) is 4.06. The standard InChI is InChI=1S/C9H9N3O3/c13-8(4-5-9(14)15)12-11-7-3-1-2-6-10-7/h1-6H,(H,10,11)(H,12,13)(H,14,15)/b5-4-. The third-order valence-electron chi connectivity index (χ3n) is 1.36. The zero-order chi connectivity index (χ0) is 11.1. The predicted octanol–water partition coefficient (Wildman–Crippen LogP) is 0.165. The van der Waals surface area contributed by atoms with E-state index in [1.165, 1.54) is 0 Å². The highest BCUT2D eigenvalue weighted by Gasteiger charge is 1.96. The van der Waals surface area contributed by atoms with Crippen molar-refractivity contribution in [1.29, 1.82) is 0 Å². The normalized spacial score (nSPS) is 9.87. The van der Waals surface area contributed by atoms with Gasteiger partial charge in [-0.3, -0.25) is 15.6 Å². The second-order valence-corrected chi connectivity index (χ2v) is 2.50. The number of amides is 1. The highest BCUT2D eigenvalue weighted by molar-refractivity contribution is 5.94. The van der Waals surface area contributed by atoms with Crippen LogP contribution < -0.4 is 10.9 Å². The molecule has 0 aliphatic rings. The monoisotopic (exact) mass is 207 g/mol. The highest BCUT2D eigenvalue weighted by atomic mass is 16.4. The van der Waals surface area contributed by atoms with E-state index in [0.29, 0.717) is 5.82 Å². The lowest BCUT2D eigenvalue weighted by molar-refractivity contribution is -0.131. The summed E-state index contributed by atoms with van der Waals surface area (Å²) in [6.07, 6.45) is 3.20. The van der Waals surface area contributed by atoms with Gasteiger partial charge >= 0.3 is 5.97 Å². The van der Waals surface area contributed by atoms with E-state index in [4.69, 9.17) is 5.11 Å². The summed E-state index contributed by atoms with van der Waals surface area (Å²) >= 11 is 0. The minimum Gasteiger partial charge on any atom is -0.478 e. The molecule has 1 aromatic rings. The van der Waals surface area contributed by atoms with Crippen LogP contribution in [0, 0.1) is 0 Å². The molecule has 0 atom stereocenters. The van der Waals surface area contributed by atoms with Gasteiger partial charge in [0.2, 0.25) is 0 Å². The number of hydrogen-bond donors (Lipinski definition) is 3. The van der Waals surface area contributed by atoms with Crippen molar-refractivity contribution in [2.75, 3.05) is 5.43 Å². The number of pyridine rings is 1. The van der Waals surface area contributed by atoms with Crippen molar-refractivity contribution in [3.05, 3.63) is 36.5 Å². The number of anilines is 1. The first kappa shape index (κ1) is 10.7. The molecule has 0 spiro atoms. The summed E-state index contributed by atoms with van der Waals surface area (Å²) in [5.41, 5.74) is 4.77. The van der Waals surface area contributed by atoms with Gasteiger partial charge in [-0.05, 0) is 12.1 Å². The molecule has 0 bridgehead atoms. The first-order valence-corrected chi connectivity index (χ1v) is 4.06. The van der Waals surface area contributed by atoms with Crippen LogP contribution in [0.4, 0.5) is 5.82 Å². The summed E-state index contributed by atoms with van der Waals surface area (Å²) in [5.74, 6) is -1.28. The van der Waals surface area contributed by atoms with E-state index in [2.05, 4.69) is 15.8 Å². The van der Waals surface area contributed by atoms with Crippen LogP contribution in [0.5, 0.6) is 0 Å². The number of nitrogens with zero attached hydrogens (tertiary/aromatic N) is 1. The molecular formula is C9H9N3O3. The molecule has 1 aromatic heterocycles. The molecular weight excluding hydrogens is 198 g/mol. The smallest absolute Gasteiger partial charge is 0.328 e. The number of nitrogens with one attached hydrogen (secondary N) is 2. The lowest BCUT2D eigenvalue weighted by atomic mass is 10.5. The van der Waals surface area contributed by atoms with Gasteiger partial charge in [0.05, 0.1) is 0 Å². The molecule has 0 saturated carbocycles. The molecule has 0 saturated heterocycles. The van der Waals surface area contributed by atoms with E-state index in [1.54, 1.807) is 24.4 Å². The lowest BCUT2D eigenvalue weighted by Crippen LogP contribution is -2.28. The second kappa shape index (κ2) is 5.38. The lowest BCUT2D eigenvalue weighted by Gasteiger charge is -2.03. The van der Waals surface area contributed by atoms with E-state index in [0.717, 1.165) is 12.2 Å². The fourth-order valence-corrected chi connectivity index (χ4v) is 0.751. The largest absolute Gasteiger partial charge is 0.478 e. The molecule has 0 radical (unpaired) electrons. The maximum atomic E-state index is 11.0. The van der Waals surface area contributed by atoms with Crippen LogP contribution in [0.1, 0.15) is 0 Å². The Labute approximate surface area is 85.6 Å². The minimum atomic E-state index is -1.18. The van der Waals surface area contributed by atoms with E-state index in [1.807, 2.05) is 0 Å². The van der Waals surface area contributed by atoms with Crippen molar-refractivity contribution >= 4 is 17.7 Å². The van der Waals surface area contributed by atoms with Crippen molar-refractivity contribution in [2.24, 2.45) is 0 Å². The Hall–Kier alpha value is -2.37. The van der Waals surface area contributed by atoms with Gasteiger partial charge in [0.15, 0.2) is 0 Å². The Bertz CT molecular complexity index is 375. The van der Waals surface area contributed by atoms with Crippen LogP contribution in [-0.4, -0.2) is 22.0 Å². The maximum absolute atomic E-state index is 11.0. The van der Waals surface area contributed by atoms with Crippen LogP contribution in [0.3, 0.4) is 0 Å². The Morgan fingerprint density at radius 3 is 2.73 bits per heavy atom. The van der Waals surface area contributed by atoms with Crippen LogP contribution in [0.2, 0.25) is 0 Å². The van der Waals surface area contributed by atoms with E-state index in [9.17, 15) is 9.59 Å². The second-order valence-electron chi connectivity index (χ2n) is 2.50. The summed E-state index contributed by atoms with van der Waals surface area (Å²) in [6.45, 7) is 0. The molecule has 6 heteroatoms. The Balaban J connectivity index is 2.38. The Morgan fingerprint density at radius 2 is 2.13 bits per heavy atom. The third-order valence-corrected chi connectivity index (χ3v) is 1.36. The van der Waals surface area contributed by atoms with Crippen LogP contribution in [-0.2, 0) is 9.59 Å². The summed E-state index contributed by atoms with van der Waals surface area (Å²) in [7, 11) is 0. The Morgan fingerprint density at radius 1 is 1.33 bits per heavy atom. The van der Waals surface area contributed by atoms with Gasteiger partial charge in [0, 0.05) is 18.3 Å². The van der Waals surface area contributed by atoms with E-state index < -0.39 is 11.9 Å². The molecule has 1 heterocycles. The molecule has 0 fully saturated rings. The topological polar surface area (TPSA) is 91.3 Å². The zero-order valence-corrected chi connectivity index (χ0v) is 7.68. The van der Waals surface area contributed by atoms with Crippen molar-refractivity contribution in [3.8, 4) is 0 Å². The van der Waals surface area contributed by atoms with Crippen molar-refractivity contribution in [3.63, 3.8) is 0 Å². The van der Waals surface area contributed by atoms with Gasteiger partial charge in [-0.1, -0.05) is 6.07 Å². The van der Waals surface area contributed by atoms with E-state index >= 15 is 0 Å². The number of rotatable bonds is 4. The van der Waals surface area contributed by atoms with Crippen LogP contribution >= 0.6 is 0 Å². The maximum Gasteiger partial charge on any atom is 0.328 e. The quantitative estimate of drug-likeness (QED) is 0.483. The number of aliphatic carboxylic acids is 1. The number of carbonyl (C=O) groups is 2. The minimum absolute atomic E-state index is 0.467. The van der Waals surface area contributed by atoms with Gasteiger partial charge < -0.3 is 5.11 Å². The number of aromatic nitrogens is 1. The zero-order valence-electron chi connectivity index (χ0n) is 7.68. The van der Waals surface area contributed by atoms with Crippen molar-refractivity contribution in [2.45, 2.75) is 0 Å². The summed E-state index contributed by atoms with van der Waals surface area (Å²) in [6, 6.07) is 5.13. The SMILES string of the molecule is O=C(O)/C=C\C(=O)NNc1ccccn1. The van der Waals surface area contributed by atoms with Crippen molar-refractivity contribution < 1.29 is 14.7 Å². The van der Waals surface area contributed by atoms with Gasteiger partial charge in [0.25, 0.3) is 5.91 Å². The van der Waals surface area contributed by atoms with E-state index in [-0.39, 0.29) is 0 Å². The van der Waals surface area contributed by atoms with Crippen molar-refractivity contribution in [1.82, 2.24) is 10.4 Å².